The van der Waals surface area contributed by atoms with Crippen molar-refractivity contribution in [1.29, 1.82) is 0 Å². The number of hydrogen-bond acceptors (Lipinski definition) is 5. The minimum atomic E-state index is -0.476. The van der Waals surface area contributed by atoms with Gasteiger partial charge >= 0.3 is 5.69 Å². The molecule has 0 spiro atoms. The molecule has 1 aromatic carbocycles. The largest absolute Gasteiger partial charge is 0.352 e. The molecule has 3 aromatic heterocycles. The van der Waals surface area contributed by atoms with E-state index in [9.17, 15) is 14.4 Å². The van der Waals surface area contributed by atoms with Gasteiger partial charge in [-0.15, -0.1) is 0 Å². The third-order valence-electron chi connectivity index (χ3n) is 5.49. The summed E-state index contributed by atoms with van der Waals surface area (Å²) in [6, 6.07) is 11.4. The number of amides is 1. The van der Waals surface area contributed by atoms with Gasteiger partial charge in [-0.05, 0) is 43.5 Å². The van der Waals surface area contributed by atoms with Crippen LogP contribution in [0.25, 0.3) is 16.7 Å². The van der Waals surface area contributed by atoms with Crippen LogP contribution in [0.15, 0.2) is 58.4 Å². The Morgan fingerprint density at radius 2 is 1.84 bits per heavy atom. The number of carbonyl (C=O) groups is 1. The van der Waals surface area contributed by atoms with Crippen LogP contribution in [0.1, 0.15) is 28.0 Å². The minimum Gasteiger partial charge on any atom is -0.352 e. The first-order valence-electron chi connectivity index (χ1n) is 10.3. The second-order valence-corrected chi connectivity index (χ2v) is 7.68. The fourth-order valence-corrected chi connectivity index (χ4v) is 3.63. The molecule has 3 heterocycles. The lowest BCUT2D eigenvalue weighted by Crippen LogP contribution is -2.37. The first-order chi connectivity index (χ1) is 15.4. The molecule has 0 bridgehead atoms. The smallest absolute Gasteiger partial charge is 0.332 e. The molecule has 0 atom stereocenters. The number of hydrogen-bond donors (Lipinski definition) is 1. The Balaban J connectivity index is 1.41. The van der Waals surface area contributed by atoms with E-state index in [-0.39, 0.29) is 22.5 Å². The molecule has 0 fully saturated rings. The van der Waals surface area contributed by atoms with Crippen molar-refractivity contribution in [2.75, 3.05) is 6.54 Å². The number of aryl methyl sites for hydroxylation is 3. The van der Waals surface area contributed by atoms with E-state index in [1.165, 1.54) is 23.9 Å². The van der Waals surface area contributed by atoms with Crippen LogP contribution >= 0.6 is 0 Å². The van der Waals surface area contributed by atoms with Crippen LogP contribution < -0.4 is 16.6 Å². The summed E-state index contributed by atoms with van der Waals surface area (Å²) in [6.45, 7) is 2.44. The monoisotopic (exact) mass is 432 g/mol. The molecule has 0 unspecified atom stereocenters. The van der Waals surface area contributed by atoms with E-state index < -0.39 is 11.2 Å². The van der Waals surface area contributed by atoms with Crippen LogP contribution in [-0.4, -0.2) is 36.4 Å². The predicted molar refractivity (Wildman–Crippen MR) is 121 cm³/mol. The van der Waals surface area contributed by atoms with E-state index in [4.69, 9.17) is 0 Å². The van der Waals surface area contributed by atoms with Crippen LogP contribution in [-0.2, 0) is 20.5 Å². The third-order valence-corrected chi connectivity index (χ3v) is 5.49. The summed E-state index contributed by atoms with van der Waals surface area (Å²) in [5.41, 5.74) is 2.68. The van der Waals surface area contributed by atoms with Crippen LogP contribution in [0.2, 0.25) is 0 Å². The van der Waals surface area contributed by atoms with Crippen LogP contribution in [0.5, 0.6) is 0 Å². The number of aromatic nitrogens is 5. The van der Waals surface area contributed by atoms with Gasteiger partial charge in [-0.1, -0.05) is 18.2 Å². The first kappa shape index (κ1) is 21.2. The quantitative estimate of drug-likeness (QED) is 0.465. The number of benzene rings is 1. The molecule has 9 heteroatoms. The number of rotatable bonds is 6. The molecular weight excluding hydrogens is 408 g/mol. The molecule has 32 heavy (non-hydrogen) atoms. The summed E-state index contributed by atoms with van der Waals surface area (Å²) in [7, 11) is 2.94. The molecule has 0 saturated heterocycles. The molecule has 164 valence electrons. The van der Waals surface area contributed by atoms with Gasteiger partial charge in [-0.25, -0.2) is 14.5 Å². The van der Waals surface area contributed by atoms with E-state index >= 15 is 0 Å². The molecule has 1 amide bonds. The Hall–Kier alpha value is -4.01. The first-order valence-corrected chi connectivity index (χ1v) is 10.3. The average molecular weight is 432 g/mol. The maximum atomic E-state index is 12.6. The maximum Gasteiger partial charge on any atom is 0.332 e. The molecule has 0 saturated carbocycles. The van der Waals surface area contributed by atoms with Crippen molar-refractivity contribution in [2.45, 2.75) is 19.8 Å². The van der Waals surface area contributed by atoms with E-state index in [1.54, 1.807) is 7.05 Å². The van der Waals surface area contributed by atoms with Gasteiger partial charge in [0.1, 0.15) is 5.65 Å². The van der Waals surface area contributed by atoms with E-state index in [1.807, 2.05) is 48.1 Å². The molecule has 4 aromatic rings. The Labute approximate surface area is 184 Å². The molecule has 0 aliphatic heterocycles. The van der Waals surface area contributed by atoms with Crippen molar-refractivity contribution >= 4 is 16.9 Å². The Morgan fingerprint density at radius 3 is 2.59 bits per heavy atom. The van der Waals surface area contributed by atoms with Crippen molar-refractivity contribution in [2.24, 2.45) is 14.1 Å². The standard InChI is InChI=1S/C23H24N6O3/c1-15-16(14-29(26-15)18-9-5-4-6-10-18)8-7-11-24-21(30)17-12-19-20(25-13-17)27(2)23(32)28(3)22(19)31/h4-6,9-10,12-14H,7-8,11H2,1-3H3,(H,24,30). The third kappa shape index (κ3) is 3.96. The number of fused-ring (bicyclic) bond motifs is 1. The molecule has 0 aliphatic carbocycles. The number of carbonyl (C=O) groups excluding carboxylic acids is 1. The van der Waals surface area contributed by atoms with Crippen molar-refractivity contribution in [3.63, 3.8) is 0 Å². The molecule has 0 radical (unpaired) electrons. The van der Waals surface area contributed by atoms with Crippen LogP contribution in [0.3, 0.4) is 0 Å². The van der Waals surface area contributed by atoms with Crippen molar-refractivity contribution in [1.82, 2.24) is 29.2 Å². The highest BCUT2D eigenvalue weighted by Crippen LogP contribution is 2.13. The van der Waals surface area contributed by atoms with Gasteiger partial charge in [0.25, 0.3) is 11.5 Å². The zero-order valence-electron chi connectivity index (χ0n) is 18.2. The number of pyridine rings is 1. The number of para-hydroxylation sites is 1. The van der Waals surface area contributed by atoms with Gasteiger partial charge in [0.05, 0.1) is 22.3 Å². The number of nitrogens with one attached hydrogen (secondary N) is 1. The Morgan fingerprint density at radius 1 is 1.09 bits per heavy atom. The Kier molecular flexibility index (Phi) is 5.72. The summed E-state index contributed by atoms with van der Waals surface area (Å²) in [5.74, 6) is -0.313. The van der Waals surface area contributed by atoms with E-state index in [0.717, 1.165) is 34.4 Å². The zero-order chi connectivity index (χ0) is 22.8. The van der Waals surface area contributed by atoms with Crippen molar-refractivity contribution < 1.29 is 4.79 Å². The number of nitrogens with zero attached hydrogens (tertiary/aromatic N) is 5. The second kappa shape index (κ2) is 8.62. The molecule has 1 N–H and O–H groups in total. The van der Waals surface area contributed by atoms with Gasteiger partial charge in [0, 0.05) is 33.0 Å². The molecule has 4 rings (SSSR count). The fraction of sp³-hybridized carbons (Fsp3) is 0.261. The lowest BCUT2D eigenvalue weighted by Gasteiger charge is -2.08. The lowest BCUT2D eigenvalue weighted by atomic mass is 10.1. The summed E-state index contributed by atoms with van der Waals surface area (Å²) in [5, 5.41) is 7.66. The molecule has 9 nitrogen and oxygen atoms in total. The Bertz CT molecular complexity index is 1420. The highest BCUT2D eigenvalue weighted by molar-refractivity contribution is 5.96. The normalized spacial score (nSPS) is 11.1. The maximum absolute atomic E-state index is 12.6. The minimum absolute atomic E-state index is 0.228. The summed E-state index contributed by atoms with van der Waals surface area (Å²) in [6.07, 6.45) is 4.91. The summed E-state index contributed by atoms with van der Waals surface area (Å²) in [4.78, 5) is 41.1. The lowest BCUT2D eigenvalue weighted by molar-refractivity contribution is 0.0953. The average Bonchev–Trinajstić information content (AvgIpc) is 3.19. The van der Waals surface area contributed by atoms with Gasteiger partial charge in [0.2, 0.25) is 0 Å². The van der Waals surface area contributed by atoms with Gasteiger partial charge < -0.3 is 5.32 Å². The molecular formula is C23H24N6O3. The predicted octanol–water partition coefficient (Wildman–Crippen LogP) is 1.49. The zero-order valence-corrected chi connectivity index (χ0v) is 18.2. The highest BCUT2D eigenvalue weighted by atomic mass is 16.2. The van der Waals surface area contributed by atoms with E-state index in [2.05, 4.69) is 15.4 Å². The van der Waals surface area contributed by atoms with Crippen LogP contribution in [0.4, 0.5) is 0 Å². The summed E-state index contributed by atoms with van der Waals surface area (Å²) >= 11 is 0. The SMILES string of the molecule is Cc1nn(-c2ccccc2)cc1CCCNC(=O)c1cnc2c(c1)c(=O)n(C)c(=O)n2C. The van der Waals surface area contributed by atoms with Crippen LogP contribution in [0, 0.1) is 6.92 Å². The van der Waals surface area contributed by atoms with Crippen molar-refractivity contribution in [3.05, 3.63) is 86.5 Å². The van der Waals surface area contributed by atoms with Gasteiger partial charge in [-0.2, -0.15) is 5.10 Å². The van der Waals surface area contributed by atoms with Gasteiger partial charge in [0.15, 0.2) is 0 Å². The highest BCUT2D eigenvalue weighted by Gasteiger charge is 2.13. The van der Waals surface area contributed by atoms with Crippen molar-refractivity contribution in [3.8, 4) is 5.69 Å². The summed E-state index contributed by atoms with van der Waals surface area (Å²) < 4.78 is 4.15. The topological polar surface area (TPSA) is 104 Å². The van der Waals surface area contributed by atoms with Gasteiger partial charge in [-0.3, -0.25) is 18.7 Å². The second-order valence-electron chi connectivity index (χ2n) is 7.68. The van der Waals surface area contributed by atoms with E-state index in [0.29, 0.717) is 6.54 Å². The molecule has 0 aliphatic rings. The fourth-order valence-electron chi connectivity index (χ4n) is 3.63.